The van der Waals surface area contributed by atoms with E-state index in [2.05, 4.69) is 27.9 Å². The SMILES string of the molecule is Cc1cc(NC(=O)c2cccc(C(=O)NCCCc3ccccc3)c2)no1. The van der Waals surface area contributed by atoms with E-state index in [1.54, 1.807) is 37.3 Å². The molecule has 6 nitrogen and oxygen atoms in total. The average Bonchev–Trinajstić information content (AvgIpc) is 3.10. The van der Waals surface area contributed by atoms with Crippen molar-refractivity contribution in [3.8, 4) is 0 Å². The predicted molar refractivity (Wildman–Crippen MR) is 103 cm³/mol. The third-order valence-corrected chi connectivity index (χ3v) is 4.03. The van der Waals surface area contributed by atoms with Crippen LogP contribution >= 0.6 is 0 Å². The van der Waals surface area contributed by atoms with E-state index >= 15 is 0 Å². The zero-order valence-corrected chi connectivity index (χ0v) is 15.1. The molecule has 0 fully saturated rings. The van der Waals surface area contributed by atoms with Gasteiger partial charge in [-0.1, -0.05) is 41.6 Å². The smallest absolute Gasteiger partial charge is 0.256 e. The zero-order chi connectivity index (χ0) is 19.1. The van der Waals surface area contributed by atoms with Crippen LogP contribution < -0.4 is 10.6 Å². The molecule has 0 radical (unpaired) electrons. The van der Waals surface area contributed by atoms with Gasteiger partial charge in [0.2, 0.25) is 0 Å². The van der Waals surface area contributed by atoms with Crippen molar-refractivity contribution < 1.29 is 14.1 Å². The van der Waals surface area contributed by atoms with E-state index in [1.165, 1.54) is 5.56 Å². The fourth-order valence-corrected chi connectivity index (χ4v) is 2.66. The lowest BCUT2D eigenvalue weighted by Crippen LogP contribution is -2.25. The Balaban J connectivity index is 1.52. The first-order valence-electron chi connectivity index (χ1n) is 8.79. The summed E-state index contributed by atoms with van der Waals surface area (Å²) >= 11 is 0. The van der Waals surface area contributed by atoms with Gasteiger partial charge in [-0.25, -0.2) is 0 Å². The fourth-order valence-electron chi connectivity index (χ4n) is 2.66. The Labute approximate surface area is 157 Å². The van der Waals surface area contributed by atoms with Crippen LogP contribution in [0.5, 0.6) is 0 Å². The summed E-state index contributed by atoms with van der Waals surface area (Å²) in [6.45, 7) is 2.31. The van der Waals surface area contributed by atoms with Gasteiger partial charge < -0.3 is 15.2 Å². The Morgan fingerprint density at radius 2 is 1.70 bits per heavy atom. The Bertz CT molecular complexity index is 919. The maximum absolute atomic E-state index is 12.3. The van der Waals surface area contributed by atoms with Crippen LogP contribution in [0.1, 0.15) is 38.5 Å². The van der Waals surface area contributed by atoms with E-state index in [-0.39, 0.29) is 11.8 Å². The Morgan fingerprint density at radius 1 is 0.963 bits per heavy atom. The van der Waals surface area contributed by atoms with Gasteiger partial charge in [0.05, 0.1) is 0 Å². The molecule has 0 bridgehead atoms. The number of hydrogen-bond donors (Lipinski definition) is 2. The molecule has 2 aromatic carbocycles. The molecule has 0 unspecified atom stereocenters. The molecule has 0 aliphatic rings. The fraction of sp³-hybridized carbons (Fsp3) is 0.190. The molecule has 1 heterocycles. The third-order valence-electron chi connectivity index (χ3n) is 4.03. The number of rotatable bonds is 7. The van der Waals surface area contributed by atoms with Crippen molar-refractivity contribution in [1.82, 2.24) is 10.5 Å². The van der Waals surface area contributed by atoms with Crippen LogP contribution in [-0.2, 0) is 6.42 Å². The molecule has 2 N–H and O–H groups in total. The van der Waals surface area contributed by atoms with Crippen molar-refractivity contribution >= 4 is 17.6 Å². The summed E-state index contributed by atoms with van der Waals surface area (Å²) in [6, 6.07) is 18.3. The topological polar surface area (TPSA) is 84.2 Å². The largest absolute Gasteiger partial charge is 0.360 e. The maximum atomic E-state index is 12.3. The van der Waals surface area contributed by atoms with Gasteiger partial charge in [-0.15, -0.1) is 0 Å². The van der Waals surface area contributed by atoms with E-state index in [4.69, 9.17) is 4.52 Å². The minimum atomic E-state index is -0.345. The molecule has 0 atom stereocenters. The van der Waals surface area contributed by atoms with E-state index < -0.39 is 0 Å². The predicted octanol–water partition coefficient (Wildman–Crippen LogP) is 3.60. The second kappa shape index (κ2) is 8.80. The van der Waals surface area contributed by atoms with Crippen LogP contribution in [0, 0.1) is 6.92 Å². The highest BCUT2D eigenvalue weighted by Gasteiger charge is 2.12. The van der Waals surface area contributed by atoms with Crippen LogP contribution in [0.15, 0.2) is 65.2 Å². The molecule has 1 aromatic heterocycles. The van der Waals surface area contributed by atoms with E-state index in [0.29, 0.717) is 29.2 Å². The van der Waals surface area contributed by atoms with E-state index in [1.807, 2.05) is 18.2 Å². The molecule has 0 saturated carbocycles. The highest BCUT2D eigenvalue weighted by atomic mass is 16.5. The summed E-state index contributed by atoms with van der Waals surface area (Å²) in [5.41, 5.74) is 2.07. The summed E-state index contributed by atoms with van der Waals surface area (Å²) in [4.78, 5) is 24.6. The number of anilines is 1. The molecule has 0 aliphatic carbocycles. The number of aromatic nitrogens is 1. The molecular formula is C21H21N3O3. The van der Waals surface area contributed by atoms with Crippen molar-refractivity contribution in [3.63, 3.8) is 0 Å². The number of carbonyl (C=O) groups excluding carboxylic acids is 2. The van der Waals surface area contributed by atoms with Crippen LogP contribution in [0.4, 0.5) is 5.82 Å². The number of hydrogen-bond acceptors (Lipinski definition) is 4. The second-order valence-corrected chi connectivity index (χ2v) is 6.20. The molecule has 0 spiro atoms. The van der Waals surface area contributed by atoms with E-state index in [9.17, 15) is 9.59 Å². The minimum Gasteiger partial charge on any atom is -0.360 e. The number of benzene rings is 2. The monoisotopic (exact) mass is 363 g/mol. The van der Waals surface area contributed by atoms with Crippen LogP contribution in [0.25, 0.3) is 0 Å². The van der Waals surface area contributed by atoms with Gasteiger partial charge in [0, 0.05) is 23.7 Å². The molecule has 27 heavy (non-hydrogen) atoms. The quantitative estimate of drug-likeness (QED) is 0.628. The van der Waals surface area contributed by atoms with Gasteiger partial charge in [0.1, 0.15) is 5.76 Å². The molecular weight excluding hydrogens is 342 g/mol. The van der Waals surface area contributed by atoms with Crippen molar-refractivity contribution in [2.24, 2.45) is 0 Å². The Morgan fingerprint density at radius 3 is 2.41 bits per heavy atom. The Kier molecular flexibility index (Phi) is 5.99. The van der Waals surface area contributed by atoms with Crippen molar-refractivity contribution in [1.29, 1.82) is 0 Å². The molecule has 0 saturated heterocycles. The Hall–Kier alpha value is -3.41. The number of aryl methyl sites for hydroxylation is 2. The lowest BCUT2D eigenvalue weighted by atomic mass is 10.1. The van der Waals surface area contributed by atoms with Gasteiger partial charge in [-0.05, 0) is 43.5 Å². The van der Waals surface area contributed by atoms with Crippen molar-refractivity contribution in [2.45, 2.75) is 19.8 Å². The summed E-state index contributed by atoms with van der Waals surface area (Å²) in [6.07, 6.45) is 1.75. The minimum absolute atomic E-state index is 0.199. The summed E-state index contributed by atoms with van der Waals surface area (Å²) in [5.74, 6) is 0.402. The first kappa shape index (κ1) is 18.4. The molecule has 138 valence electrons. The van der Waals surface area contributed by atoms with Crippen LogP contribution in [-0.4, -0.2) is 23.5 Å². The summed E-state index contributed by atoms with van der Waals surface area (Å²) in [7, 11) is 0. The highest BCUT2D eigenvalue weighted by Crippen LogP contribution is 2.11. The van der Waals surface area contributed by atoms with Gasteiger partial charge in [0.25, 0.3) is 11.8 Å². The molecule has 0 aliphatic heterocycles. The highest BCUT2D eigenvalue weighted by molar-refractivity contribution is 6.05. The van der Waals surface area contributed by atoms with Crippen LogP contribution in [0.3, 0.4) is 0 Å². The van der Waals surface area contributed by atoms with Gasteiger partial charge in [-0.2, -0.15) is 0 Å². The zero-order valence-electron chi connectivity index (χ0n) is 15.1. The third kappa shape index (κ3) is 5.28. The first-order chi connectivity index (χ1) is 13.1. The van der Waals surface area contributed by atoms with Crippen molar-refractivity contribution in [2.75, 3.05) is 11.9 Å². The number of nitrogens with one attached hydrogen (secondary N) is 2. The lowest BCUT2D eigenvalue weighted by molar-refractivity contribution is 0.0953. The number of amides is 2. The molecule has 3 aromatic rings. The lowest BCUT2D eigenvalue weighted by Gasteiger charge is -2.07. The number of carbonyl (C=O) groups is 2. The second-order valence-electron chi connectivity index (χ2n) is 6.20. The van der Waals surface area contributed by atoms with Crippen molar-refractivity contribution in [3.05, 3.63) is 83.1 Å². The van der Waals surface area contributed by atoms with Gasteiger partial charge in [-0.3, -0.25) is 9.59 Å². The molecule has 2 amide bonds. The summed E-state index contributed by atoms with van der Waals surface area (Å²) < 4.78 is 4.92. The van der Waals surface area contributed by atoms with Gasteiger partial charge in [0.15, 0.2) is 5.82 Å². The van der Waals surface area contributed by atoms with E-state index in [0.717, 1.165) is 12.8 Å². The maximum Gasteiger partial charge on any atom is 0.256 e. The molecule has 3 rings (SSSR count). The van der Waals surface area contributed by atoms with Crippen LogP contribution in [0.2, 0.25) is 0 Å². The standard InChI is InChI=1S/C21H21N3O3/c1-15-13-19(24-27-15)23-21(26)18-11-5-10-17(14-18)20(25)22-12-6-9-16-7-3-2-4-8-16/h2-5,7-8,10-11,13-14H,6,9,12H2,1H3,(H,22,25)(H,23,24,26). The first-order valence-corrected chi connectivity index (χ1v) is 8.79. The molecule has 6 heteroatoms. The van der Waals surface area contributed by atoms with Gasteiger partial charge >= 0.3 is 0 Å². The average molecular weight is 363 g/mol. The normalized spacial score (nSPS) is 10.4. The summed E-state index contributed by atoms with van der Waals surface area (Å²) in [5, 5.41) is 9.26. The number of nitrogens with zero attached hydrogens (tertiary/aromatic N) is 1.